The van der Waals surface area contributed by atoms with Gasteiger partial charge in [-0.25, -0.2) is 0 Å². The summed E-state index contributed by atoms with van der Waals surface area (Å²) in [5.74, 6) is 0.842. The first-order valence-corrected chi connectivity index (χ1v) is 10.1. The van der Waals surface area contributed by atoms with Crippen LogP contribution < -0.4 is 5.73 Å². The summed E-state index contributed by atoms with van der Waals surface area (Å²) in [5.41, 5.74) is 8.89. The smallest absolute Gasteiger partial charge is 0.00104 e. The molecule has 1 aromatic rings. The Morgan fingerprint density at radius 3 is 2.13 bits per heavy atom. The van der Waals surface area contributed by atoms with Crippen molar-refractivity contribution < 1.29 is 0 Å². The third-order valence-electron chi connectivity index (χ3n) is 5.43. The highest BCUT2D eigenvalue weighted by atomic mass is 14.6. The van der Waals surface area contributed by atoms with E-state index in [0.29, 0.717) is 6.04 Å². The van der Waals surface area contributed by atoms with E-state index in [1.54, 1.807) is 5.56 Å². The lowest BCUT2D eigenvalue weighted by Crippen LogP contribution is -2.13. The standard InChI is InChI=1S/C22H37N/c1-19(23)11-7-4-2-3-5-8-12-20-15-17-22(18-16-20)21-13-9-6-10-14-21/h15-19,21H,2-14,23H2,1H3. The topological polar surface area (TPSA) is 26.0 Å². The minimum atomic E-state index is 0.381. The number of benzene rings is 1. The maximum atomic E-state index is 5.78. The van der Waals surface area contributed by atoms with Crippen molar-refractivity contribution >= 4 is 0 Å². The molecule has 1 nitrogen and oxygen atoms in total. The fourth-order valence-electron chi connectivity index (χ4n) is 3.89. The maximum Gasteiger partial charge on any atom is 0.00104 e. The Bertz CT molecular complexity index is 400. The van der Waals surface area contributed by atoms with Crippen molar-refractivity contribution in [3.8, 4) is 0 Å². The summed E-state index contributed by atoms with van der Waals surface area (Å²) >= 11 is 0. The summed E-state index contributed by atoms with van der Waals surface area (Å²) < 4.78 is 0. The average molecular weight is 316 g/mol. The lowest BCUT2D eigenvalue weighted by Gasteiger charge is -2.22. The Morgan fingerprint density at radius 1 is 0.870 bits per heavy atom. The van der Waals surface area contributed by atoms with E-state index in [0.717, 1.165) is 5.92 Å². The second-order valence-electron chi connectivity index (χ2n) is 7.71. The van der Waals surface area contributed by atoms with E-state index in [4.69, 9.17) is 5.73 Å². The predicted molar refractivity (Wildman–Crippen MR) is 102 cm³/mol. The number of rotatable bonds is 10. The van der Waals surface area contributed by atoms with Crippen LogP contribution in [0.5, 0.6) is 0 Å². The second kappa shape index (κ2) is 10.9. The normalized spacial score (nSPS) is 17.3. The summed E-state index contributed by atoms with van der Waals surface area (Å²) in [4.78, 5) is 0. The minimum Gasteiger partial charge on any atom is -0.328 e. The molecule has 1 saturated carbocycles. The highest BCUT2D eigenvalue weighted by Crippen LogP contribution is 2.32. The number of nitrogens with two attached hydrogens (primary N) is 1. The quantitative estimate of drug-likeness (QED) is 0.500. The van der Waals surface area contributed by atoms with Crippen LogP contribution in [0.2, 0.25) is 0 Å². The van der Waals surface area contributed by atoms with E-state index < -0.39 is 0 Å². The van der Waals surface area contributed by atoms with Gasteiger partial charge in [-0.3, -0.25) is 0 Å². The van der Waals surface area contributed by atoms with Crippen LogP contribution in [0.4, 0.5) is 0 Å². The van der Waals surface area contributed by atoms with Gasteiger partial charge in [-0.15, -0.1) is 0 Å². The Kier molecular flexibility index (Phi) is 8.74. The fourth-order valence-corrected chi connectivity index (χ4v) is 3.89. The number of hydrogen-bond donors (Lipinski definition) is 1. The molecule has 1 atom stereocenters. The van der Waals surface area contributed by atoms with Gasteiger partial charge in [0.2, 0.25) is 0 Å². The van der Waals surface area contributed by atoms with Crippen LogP contribution in [0.1, 0.15) is 101 Å². The Morgan fingerprint density at radius 2 is 1.48 bits per heavy atom. The van der Waals surface area contributed by atoms with Crippen LogP contribution in [0.15, 0.2) is 24.3 Å². The third kappa shape index (κ3) is 7.52. The molecule has 2 rings (SSSR count). The van der Waals surface area contributed by atoms with Crippen molar-refractivity contribution in [1.82, 2.24) is 0 Å². The van der Waals surface area contributed by atoms with Gasteiger partial charge >= 0.3 is 0 Å². The molecular weight excluding hydrogens is 278 g/mol. The van der Waals surface area contributed by atoms with Crippen molar-refractivity contribution in [1.29, 1.82) is 0 Å². The van der Waals surface area contributed by atoms with Crippen LogP contribution in [-0.2, 0) is 6.42 Å². The first kappa shape index (κ1) is 18.5. The highest BCUT2D eigenvalue weighted by molar-refractivity contribution is 5.25. The molecule has 0 bridgehead atoms. The van der Waals surface area contributed by atoms with Crippen molar-refractivity contribution in [2.45, 2.75) is 102 Å². The molecule has 0 aromatic heterocycles. The zero-order valence-electron chi connectivity index (χ0n) is 15.2. The Balaban J connectivity index is 1.55. The first-order chi connectivity index (χ1) is 11.3. The summed E-state index contributed by atoms with van der Waals surface area (Å²) in [6.45, 7) is 2.11. The molecule has 23 heavy (non-hydrogen) atoms. The van der Waals surface area contributed by atoms with Crippen LogP contribution in [0.25, 0.3) is 0 Å². The largest absolute Gasteiger partial charge is 0.328 e. The molecule has 1 unspecified atom stereocenters. The molecule has 1 aromatic carbocycles. The molecule has 0 spiro atoms. The summed E-state index contributed by atoms with van der Waals surface area (Å²) in [6.07, 6.45) is 17.7. The molecule has 2 N–H and O–H groups in total. The molecular formula is C22H37N. The molecule has 130 valence electrons. The van der Waals surface area contributed by atoms with E-state index >= 15 is 0 Å². The van der Waals surface area contributed by atoms with Gasteiger partial charge in [-0.2, -0.15) is 0 Å². The van der Waals surface area contributed by atoms with Crippen LogP contribution in [-0.4, -0.2) is 6.04 Å². The van der Waals surface area contributed by atoms with Crippen molar-refractivity contribution in [3.63, 3.8) is 0 Å². The number of hydrogen-bond acceptors (Lipinski definition) is 1. The van der Waals surface area contributed by atoms with Gasteiger partial charge in [0.05, 0.1) is 0 Å². The van der Waals surface area contributed by atoms with Crippen molar-refractivity contribution in [2.24, 2.45) is 5.73 Å². The summed E-state index contributed by atoms with van der Waals surface area (Å²) in [6, 6.07) is 9.95. The zero-order valence-corrected chi connectivity index (χ0v) is 15.2. The average Bonchev–Trinajstić information content (AvgIpc) is 2.58. The zero-order chi connectivity index (χ0) is 16.3. The molecule has 0 saturated heterocycles. The number of aryl methyl sites for hydroxylation is 1. The third-order valence-corrected chi connectivity index (χ3v) is 5.43. The molecule has 0 amide bonds. The van der Waals surface area contributed by atoms with E-state index in [1.165, 1.54) is 89.0 Å². The van der Waals surface area contributed by atoms with Gasteiger partial charge in [0, 0.05) is 6.04 Å². The van der Waals surface area contributed by atoms with E-state index in [1.807, 2.05) is 0 Å². The van der Waals surface area contributed by atoms with E-state index in [-0.39, 0.29) is 0 Å². The molecule has 1 heteroatoms. The van der Waals surface area contributed by atoms with Crippen LogP contribution >= 0.6 is 0 Å². The molecule has 1 aliphatic rings. The van der Waals surface area contributed by atoms with Gasteiger partial charge in [-0.05, 0) is 56.1 Å². The highest BCUT2D eigenvalue weighted by Gasteiger charge is 2.14. The van der Waals surface area contributed by atoms with Gasteiger partial charge in [0.25, 0.3) is 0 Å². The van der Waals surface area contributed by atoms with Gasteiger partial charge in [0.15, 0.2) is 0 Å². The summed E-state index contributed by atoms with van der Waals surface area (Å²) in [5, 5.41) is 0. The molecule has 1 fully saturated rings. The molecule has 0 heterocycles. The Labute approximate surface area is 144 Å². The van der Waals surface area contributed by atoms with Gasteiger partial charge in [-0.1, -0.05) is 75.6 Å². The predicted octanol–water partition coefficient (Wildman–Crippen LogP) is 6.35. The van der Waals surface area contributed by atoms with E-state index in [9.17, 15) is 0 Å². The fraction of sp³-hybridized carbons (Fsp3) is 0.727. The lowest BCUT2D eigenvalue weighted by atomic mass is 9.84. The van der Waals surface area contributed by atoms with E-state index in [2.05, 4.69) is 31.2 Å². The lowest BCUT2D eigenvalue weighted by molar-refractivity contribution is 0.443. The monoisotopic (exact) mass is 315 g/mol. The van der Waals surface area contributed by atoms with Gasteiger partial charge in [0.1, 0.15) is 0 Å². The van der Waals surface area contributed by atoms with Crippen LogP contribution in [0, 0.1) is 0 Å². The second-order valence-corrected chi connectivity index (χ2v) is 7.71. The first-order valence-electron chi connectivity index (χ1n) is 10.1. The maximum absolute atomic E-state index is 5.78. The molecule has 0 aliphatic heterocycles. The molecule has 0 radical (unpaired) electrons. The van der Waals surface area contributed by atoms with Crippen molar-refractivity contribution in [2.75, 3.05) is 0 Å². The Hall–Kier alpha value is -0.820. The molecule has 1 aliphatic carbocycles. The summed E-state index contributed by atoms with van der Waals surface area (Å²) in [7, 11) is 0. The number of unbranched alkanes of at least 4 members (excludes halogenated alkanes) is 5. The van der Waals surface area contributed by atoms with Gasteiger partial charge < -0.3 is 5.73 Å². The van der Waals surface area contributed by atoms with Crippen LogP contribution in [0.3, 0.4) is 0 Å². The van der Waals surface area contributed by atoms with Crippen molar-refractivity contribution in [3.05, 3.63) is 35.4 Å². The SMILES string of the molecule is CC(N)CCCCCCCCc1ccc(C2CCCCC2)cc1. The minimum absolute atomic E-state index is 0.381.